The van der Waals surface area contributed by atoms with Gasteiger partial charge in [0.15, 0.2) is 0 Å². The van der Waals surface area contributed by atoms with Gasteiger partial charge in [-0.15, -0.1) is 0 Å². The van der Waals surface area contributed by atoms with Gasteiger partial charge in [0.05, 0.1) is 16.8 Å². The van der Waals surface area contributed by atoms with Crippen molar-refractivity contribution in [2.45, 2.75) is 19.3 Å². The summed E-state index contributed by atoms with van der Waals surface area (Å²) in [6.45, 7) is 0. The van der Waals surface area contributed by atoms with Crippen LogP contribution in [0, 0.1) is 22.7 Å². The standard InChI is InChI=1S/C16H11BrN4/c17-13-4-5-15(11(7-13)8-18)21-16-12(9-19)6-10-2-1-3-14(10)20-16/h4-7H,1-3H2,(H,20,21). The van der Waals surface area contributed by atoms with Crippen LogP contribution in [0.25, 0.3) is 0 Å². The van der Waals surface area contributed by atoms with Crippen LogP contribution in [0.2, 0.25) is 0 Å². The Hall–Kier alpha value is -2.37. The Kier molecular flexibility index (Phi) is 3.60. The molecule has 1 aliphatic carbocycles. The van der Waals surface area contributed by atoms with Crippen LogP contribution in [0.1, 0.15) is 28.8 Å². The topological polar surface area (TPSA) is 72.5 Å². The number of aryl methyl sites for hydroxylation is 2. The van der Waals surface area contributed by atoms with E-state index < -0.39 is 0 Å². The molecule has 0 unspecified atom stereocenters. The first-order valence-corrected chi connectivity index (χ1v) is 7.40. The van der Waals surface area contributed by atoms with E-state index in [1.54, 1.807) is 12.1 Å². The zero-order valence-corrected chi connectivity index (χ0v) is 12.7. The van der Waals surface area contributed by atoms with Crippen LogP contribution < -0.4 is 5.32 Å². The van der Waals surface area contributed by atoms with Crippen molar-refractivity contribution in [3.05, 3.63) is 51.1 Å². The first-order valence-electron chi connectivity index (χ1n) is 6.61. The molecule has 0 saturated heterocycles. The lowest BCUT2D eigenvalue weighted by atomic mass is 10.1. The first-order chi connectivity index (χ1) is 10.2. The second kappa shape index (κ2) is 5.55. The van der Waals surface area contributed by atoms with E-state index in [9.17, 15) is 10.5 Å². The van der Waals surface area contributed by atoms with Gasteiger partial charge in [-0.2, -0.15) is 10.5 Å². The molecule has 4 nitrogen and oxygen atoms in total. The molecular formula is C16H11BrN4. The fourth-order valence-corrected chi connectivity index (χ4v) is 2.86. The quantitative estimate of drug-likeness (QED) is 0.903. The van der Waals surface area contributed by atoms with E-state index >= 15 is 0 Å². The number of aromatic nitrogens is 1. The molecule has 0 aliphatic heterocycles. The summed E-state index contributed by atoms with van der Waals surface area (Å²) in [5, 5.41) is 21.6. The summed E-state index contributed by atoms with van der Waals surface area (Å²) in [4.78, 5) is 4.56. The Morgan fingerprint density at radius 2 is 1.90 bits per heavy atom. The zero-order chi connectivity index (χ0) is 14.8. The smallest absolute Gasteiger partial charge is 0.148 e. The predicted octanol–water partition coefficient (Wildman–Crippen LogP) is 3.82. The molecule has 3 rings (SSSR count). The van der Waals surface area contributed by atoms with E-state index in [-0.39, 0.29) is 0 Å². The molecular weight excluding hydrogens is 328 g/mol. The lowest BCUT2D eigenvalue weighted by Gasteiger charge is -2.11. The van der Waals surface area contributed by atoms with Crippen molar-refractivity contribution in [1.29, 1.82) is 10.5 Å². The van der Waals surface area contributed by atoms with Crippen LogP contribution in [0.15, 0.2) is 28.7 Å². The highest BCUT2D eigenvalue weighted by Crippen LogP contribution is 2.28. The Bertz CT molecular complexity index is 799. The van der Waals surface area contributed by atoms with Gasteiger partial charge in [0.2, 0.25) is 0 Å². The number of nitriles is 2. The number of nitrogens with zero attached hydrogens (tertiary/aromatic N) is 3. The van der Waals surface area contributed by atoms with E-state index in [4.69, 9.17) is 0 Å². The molecule has 0 fully saturated rings. The Morgan fingerprint density at radius 1 is 1.10 bits per heavy atom. The fraction of sp³-hybridized carbons (Fsp3) is 0.188. The van der Waals surface area contributed by atoms with Gasteiger partial charge in [0, 0.05) is 10.2 Å². The molecule has 0 amide bonds. The van der Waals surface area contributed by atoms with Crippen LogP contribution in [0.4, 0.5) is 11.5 Å². The minimum absolute atomic E-state index is 0.510. The van der Waals surface area contributed by atoms with Gasteiger partial charge in [-0.3, -0.25) is 0 Å². The summed E-state index contributed by atoms with van der Waals surface area (Å²) in [5.41, 5.74) is 3.89. The SMILES string of the molecule is N#Cc1cc(Br)ccc1Nc1nc2c(cc1C#N)CCC2. The number of fused-ring (bicyclic) bond motifs is 1. The lowest BCUT2D eigenvalue weighted by molar-refractivity contribution is 0.900. The predicted molar refractivity (Wildman–Crippen MR) is 83.1 cm³/mol. The van der Waals surface area contributed by atoms with Gasteiger partial charge in [-0.1, -0.05) is 15.9 Å². The maximum absolute atomic E-state index is 9.30. The first kappa shape index (κ1) is 13.6. The molecule has 0 atom stereocenters. The molecule has 1 aromatic heterocycles. The molecule has 1 aromatic carbocycles. The summed E-state index contributed by atoms with van der Waals surface area (Å²) in [7, 11) is 0. The largest absolute Gasteiger partial charge is 0.338 e. The molecule has 5 heteroatoms. The van der Waals surface area contributed by atoms with Crippen molar-refractivity contribution in [2.24, 2.45) is 0 Å². The van der Waals surface area contributed by atoms with Crippen molar-refractivity contribution in [2.75, 3.05) is 5.32 Å². The number of halogens is 1. The van der Waals surface area contributed by atoms with Crippen LogP contribution >= 0.6 is 15.9 Å². The van der Waals surface area contributed by atoms with Crippen LogP contribution in [0.5, 0.6) is 0 Å². The highest BCUT2D eigenvalue weighted by molar-refractivity contribution is 9.10. The maximum atomic E-state index is 9.30. The third-order valence-electron chi connectivity index (χ3n) is 3.53. The average Bonchev–Trinajstić information content (AvgIpc) is 2.95. The number of pyridine rings is 1. The van der Waals surface area contributed by atoms with Crippen molar-refractivity contribution in [3.63, 3.8) is 0 Å². The Morgan fingerprint density at radius 3 is 2.67 bits per heavy atom. The molecule has 0 saturated carbocycles. The summed E-state index contributed by atoms with van der Waals surface area (Å²) in [5.74, 6) is 0.525. The Balaban J connectivity index is 2.03. The second-order valence-corrected chi connectivity index (χ2v) is 5.80. The molecule has 1 N–H and O–H groups in total. The summed E-state index contributed by atoms with van der Waals surface area (Å²) < 4.78 is 0.840. The molecule has 0 spiro atoms. The number of rotatable bonds is 2. The number of hydrogen-bond acceptors (Lipinski definition) is 4. The maximum Gasteiger partial charge on any atom is 0.148 e. The highest BCUT2D eigenvalue weighted by Gasteiger charge is 2.17. The molecule has 21 heavy (non-hydrogen) atoms. The third-order valence-corrected chi connectivity index (χ3v) is 4.02. The van der Waals surface area contributed by atoms with Crippen LogP contribution in [-0.4, -0.2) is 4.98 Å². The van der Waals surface area contributed by atoms with E-state index in [0.717, 1.165) is 35.0 Å². The number of anilines is 2. The Labute approximate surface area is 131 Å². The van der Waals surface area contributed by atoms with E-state index in [0.29, 0.717) is 22.6 Å². The van der Waals surface area contributed by atoms with Gasteiger partial charge in [-0.25, -0.2) is 4.98 Å². The van der Waals surface area contributed by atoms with Crippen molar-refractivity contribution < 1.29 is 0 Å². The molecule has 0 bridgehead atoms. The summed E-state index contributed by atoms with van der Waals surface area (Å²) in [6, 6.07) is 11.6. The van der Waals surface area contributed by atoms with E-state index in [2.05, 4.69) is 38.4 Å². The van der Waals surface area contributed by atoms with Crippen LogP contribution in [0.3, 0.4) is 0 Å². The third kappa shape index (κ3) is 2.61. The monoisotopic (exact) mass is 338 g/mol. The normalized spacial score (nSPS) is 12.3. The molecule has 1 aliphatic rings. The molecule has 0 radical (unpaired) electrons. The zero-order valence-electron chi connectivity index (χ0n) is 11.2. The van der Waals surface area contributed by atoms with Gasteiger partial charge in [0.25, 0.3) is 0 Å². The van der Waals surface area contributed by atoms with E-state index in [1.807, 2.05) is 12.1 Å². The highest BCUT2D eigenvalue weighted by atomic mass is 79.9. The van der Waals surface area contributed by atoms with Gasteiger partial charge in [0.1, 0.15) is 18.0 Å². The second-order valence-electron chi connectivity index (χ2n) is 4.88. The van der Waals surface area contributed by atoms with Gasteiger partial charge < -0.3 is 5.32 Å². The minimum Gasteiger partial charge on any atom is -0.338 e. The molecule has 102 valence electrons. The van der Waals surface area contributed by atoms with E-state index in [1.165, 1.54) is 0 Å². The van der Waals surface area contributed by atoms with Crippen LogP contribution in [-0.2, 0) is 12.8 Å². The summed E-state index contributed by atoms with van der Waals surface area (Å²) in [6.07, 6.45) is 3.01. The lowest BCUT2D eigenvalue weighted by Crippen LogP contribution is -2.02. The van der Waals surface area contributed by atoms with Crippen molar-refractivity contribution in [1.82, 2.24) is 4.98 Å². The van der Waals surface area contributed by atoms with Gasteiger partial charge in [-0.05, 0) is 49.1 Å². The fourth-order valence-electron chi connectivity index (χ4n) is 2.50. The number of nitrogens with one attached hydrogen (secondary N) is 1. The van der Waals surface area contributed by atoms with Gasteiger partial charge >= 0.3 is 0 Å². The van der Waals surface area contributed by atoms with Crippen molar-refractivity contribution >= 4 is 27.4 Å². The minimum atomic E-state index is 0.510. The number of hydrogen-bond donors (Lipinski definition) is 1. The molecule has 1 heterocycles. The number of benzene rings is 1. The average molecular weight is 339 g/mol. The summed E-state index contributed by atoms with van der Waals surface area (Å²) >= 11 is 3.34. The van der Waals surface area contributed by atoms with Crippen molar-refractivity contribution in [3.8, 4) is 12.1 Å². The molecule has 2 aromatic rings.